The van der Waals surface area contributed by atoms with Crippen molar-refractivity contribution in [1.29, 1.82) is 0 Å². The quantitative estimate of drug-likeness (QED) is 0.440. The lowest BCUT2D eigenvalue weighted by Crippen LogP contribution is -2.51. The number of hydrogen-bond donors (Lipinski definition) is 2. The van der Waals surface area contributed by atoms with Crippen LogP contribution in [0, 0.1) is 12.8 Å². The zero-order valence-corrected chi connectivity index (χ0v) is 20.9. The van der Waals surface area contributed by atoms with Gasteiger partial charge in [0.1, 0.15) is 0 Å². The molecule has 0 aliphatic heterocycles. The summed E-state index contributed by atoms with van der Waals surface area (Å²) in [5.74, 6) is 0.349. The molecule has 3 aromatic rings. The molecule has 2 N–H and O–H groups in total. The number of aliphatic hydroxyl groups is 1. The van der Waals surface area contributed by atoms with Crippen molar-refractivity contribution in [2.45, 2.75) is 76.2 Å². The average molecular weight is 469 g/mol. The average Bonchev–Trinajstić information content (AvgIpc) is 2.86. The van der Waals surface area contributed by atoms with Crippen molar-refractivity contribution in [2.24, 2.45) is 5.92 Å². The Bertz CT molecular complexity index is 1210. The highest BCUT2D eigenvalue weighted by atomic mass is 16.3. The third-order valence-corrected chi connectivity index (χ3v) is 8.44. The molecule has 1 heterocycles. The van der Waals surface area contributed by atoms with Crippen molar-refractivity contribution in [1.82, 2.24) is 4.98 Å². The number of nitrogens with one attached hydrogen (secondary N) is 1. The fourth-order valence-electron chi connectivity index (χ4n) is 6.70. The Hall–Kier alpha value is -2.98. The van der Waals surface area contributed by atoms with E-state index in [9.17, 15) is 9.90 Å². The van der Waals surface area contributed by atoms with E-state index in [1.54, 1.807) is 6.20 Å². The van der Waals surface area contributed by atoms with E-state index in [0.717, 1.165) is 62.7 Å². The molecule has 0 saturated heterocycles. The van der Waals surface area contributed by atoms with Gasteiger partial charge in [0, 0.05) is 17.2 Å². The molecule has 1 saturated carbocycles. The third-order valence-electron chi connectivity index (χ3n) is 8.44. The minimum Gasteiger partial charge on any atom is -0.390 e. The summed E-state index contributed by atoms with van der Waals surface area (Å²) in [6.07, 6.45) is 9.31. The first-order chi connectivity index (χ1) is 16.9. The van der Waals surface area contributed by atoms with Crippen LogP contribution in [0.4, 0.5) is 5.69 Å². The summed E-state index contributed by atoms with van der Waals surface area (Å²) in [5.41, 5.74) is 5.73. The van der Waals surface area contributed by atoms with Crippen molar-refractivity contribution in [3.05, 3.63) is 94.8 Å². The number of benzene rings is 2. The van der Waals surface area contributed by atoms with Gasteiger partial charge in [0.15, 0.2) is 0 Å². The number of hydrogen-bond acceptors (Lipinski definition) is 3. The van der Waals surface area contributed by atoms with Crippen LogP contribution in [-0.4, -0.2) is 21.6 Å². The van der Waals surface area contributed by atoms with Crippen molar-refractivity contribution < 1.29 is 9.90 Å². The third kappa shape index (κ3) is 4.64. The van der Waals surface area contributed by atoms with Crippen molar-refractivity contribution in [3.63, 3.8) is 0 Å². The van der Waals surface area contributed by atoms with Crippen LogP contribution >= 0.6 is 0 Å². The van der Waals surface area contributed by atoms with Gasteiger partial charge in [0.2, 0.25) is 0 Å². The van der Waals surface area contributed by atoms with E-state index in [4.69, 9.17) is 0 Å². The van der Waals surface area contributed by atoms with E-state index in [-0.39, 0.29) is 11.3 Å². The Balaban J connectivity index is 1.49. The monoisotopic (exact) mass is 468 g/mol. The minimum atomic E-state index is -0.543. The number of pyridine rings is 1. The fourth-order valence-corrected chi connectivity index (χ4v) is 6.70. The summed E-state index contributed by atoms with van der Waals surface area (Å²) in [4.78, 5) is 17.4. The van der Waals surface area contributed by atoms with Gasteiger partial charge in [-0.25, -0.2) is 0 Å². The van der Waals surface area contributed by atoms with E-state index < -0.39 is 5.60 Å². The van der Waals surface area contributed by atoms with Gasteiger partial charge < -0.3 is 10.4 Å². The van der Waals surface area contributed by atoms with Gasteiger partial charge in [-0.3, -0.25) is 9.78 Å². The number of carbonyl (C=O) groups is 1. The molecule has 1 amide bonds. The maximum atomic E-state index is 13.1. The van der Waals surface area contributed by atoms with E-state index in [1.165, 1.54) is 16.7 Å². The number of carbonyl (C=O) groups excluding carboxylic acids is 1. The largest absolute Gasteiger partial charge is 0.390 e. The molecule has 4 heteroatoms. The Kier molecular flexibility index (Phi) is 6.50. The molecular formula is C31H36N2O2. The van der Waals surface area contributed by atoms with E-state index in [1.807, 2.05) is 25.1 Å². The van der Waals surface area contributed by atoms with E-state index >= 15 is 0 Å². The lowest BCUT2D eigenvalue weighted by atomic mass is 9.52. The van der Waals surface area contributed by atoms with Gasteiger partial charge in [-0.15, -0.1) is 0 Å². The first-order valence-electron chi connectivity index (χ1n) is 13.1. The lowest BCUT2D eigenvalue weighted by Gasteiger charge is -2.53. The van der Waals surface area contributed by atoms with Crippen LogP contribution in [-0.2, 0) is 18.3 Å². The van der Waals surface area contributed by atoms with E-state index in [0.29, 0.717) is 11.5 Å². The highest BCUT2D eigenvalue weighted by Crippen LogP contribution is 2.55. The van der Waals surface area contributed by atoms with Gasteiger partial charge in [0.25, 0.3) is 5.91 Å². The van der Waals surface area contributed by atoms with Crippen LogP contribution in [0.1, 0.15) is 78.2 Å². The summed E-state index contributed by atoms with van der Waals surface area (Å²) in [7, 11) is 0. The summed E-state index contributed by atoms with van der Waals surface area (Å²) >= 11 is 0. The molecule has 4 nitrogen and oxygen atoms in total. The number of aromatic nitrogens is 1. The zero-order valence-electron chi connectivity index (χ0n) is 20.9. The second kappa shape index (κ2) is 9.58. The second-order valence-corrected chi connectivity index (χ2v) is 10.7. The van der Waals surface area contributed by atoms with Crippen LogP contribution in [0.25, 0.3) is 0 Å². The number of fused-ring (bicyclic) bond motifs is 3. The Morgan fingerprint density at radius 1 is 1.11 bits per heavy atom. The van der Waals surface area contributed by atoms with Crippen LogP contribution in [0.15, 0.2) is 66.9 Å². The molecule has 2 aromatic carbocycles. The van der Waals surface area contributed by atoms with Gasteiger partial charge in [0.05, 0.1) is 17.0 Å². The number of amides is 1. The first-order valence-corrected chi connectivity index (χ1v) is 13.1. The molecule has 1 fully saturated rings. The summed E-state index contributed by atoms with van der Waals surface area (Å²) in [6, 6.07) is 20.8. The Morgan fingerprint density at radius 2 is 1.94 bits per heavy atom. The maximum absolute atomic E-state index is 13.1. The fraction of sp³-hybridized carbons (Fsp3) is 0.419. The Labute approximate surface area is 208 Å². The molecule has 3 atom stereocenters. The van der Waals surface area contributed by atoms with Gasteiger partial charge >= 0.3 is 0 Å². The number of nitrogens with zero attached hydrogens (tertiary/aromatic N) is 1. The smallest absolute Gasteiger partial charge is 0.255 e. The van der Waals surface area contributed by atoms with Crippen molar-refractivity contribution in [2.75, 3.05) is 5.32 Å². The summed E-state index contributed by atoms with van der Waals surface area (Å²) in [6.45, 7) is 4.07. The van der Waals surface area contributed by atoms with Gasteiger partial charge in [-0.1, -0.05) is 49.7 Å². The SMILES string of the molecule is CCC[C@@]1(O)CC[C@@]2(Cc3ccccc3)c3ccc(C(=O)Nc4cccnc4C)cc3CC[C@@H]2C1. The first kappa shape index (κ1) is 23.7. The zero-order chi connectivity index (χ0) is 24.5. The second-order valence-electron chi connectivity index (χ2n) is 10.7. The molecule has 35 heavy (non-hydrogen) atoms. The van der Waals surface area contributed by atoms with Crippen LogP contribution < -0.4 is 5.32 Å². The van der Waals surface area contributed by atoms with Gasteiger partial charge in [-0.2, -0.15) is 0 Å². The maximum Gasteiger partial charge on any atom is 0.255 e. The van der Waals surface area contributed by atoms with Crippen molar-refractivity contribution in [3.8, 4) is 0 Å². The predicted molar refractivity (Wildman–Crippen MR) is 141 cm³/mol. The Morgan fingerprint density at radius 3 is 2.71 bits per heavy atom. The lowest BCUT2D eigenvalue weighted by molar-refractivity contribution is -0.0565. The molecule has 1 aromatic heterocycles. The molecule has 0 unspecified atom stereocenters. The topological polar surface area (TPSA) is 62.2 Å². The highest BCUT2D eigenvalue weighted by molar-refractivity contribution is 6.04. The molecule has 0 bridgehead atoms. The van der Waals surface area contributed by atoms with Gasteiger partial charge in [-0.05, 0) is 98.7 Å². The normalized spacial score (nSPS) is 25.4. The van der Waals surface area contributed by atoms with E-state index in [2.05, 4.69) is 59.7 Å². The number of aryl methyl sites for hydroxylation is 2. The summed E-state index contributed by atoms with van der Waals surface area (Å²) < 4.78 is 0. The minimum absolute atomic E-state index is 0.00382. The van der Waals surface area contributed by atoms with Crippen LogP contribution in [0.3, 0.4) is 0 Å². The molecule has 5 rings (SSSR count). The molecule has 0 spiro atoms. The predicted octanol–water partition coefficient (Wildman–Crippen LogP) is 6.40. The van der Waals surface area contributed by atoms with Crippen LogP contribution in [0.2, 0.25) is 0 Å². The molecule has 182 valence electrons. The molecule has 0 radical (unpaired) electrons. The van der Waals surface area contributed by atoms with Crippen molar-refractivity contribution >= 4 is 11.6 Å². The number of rotatable bonds is 6. The molecule has 2 aliphatic carbocycles. The molecule has 2 aliphatic rings. The highest BCUT2D eigenvalue weighted by Gasteiger charge is 2.51. The standard InChI is InChI=1S/C31H36N2O2/c1-3-15-30(35)16-17-31(20-23-8-5-4-6-9-23)26(21-30)13-11-24-19-25(12-14-27(24)31)29(34)33-28-10-7-18-32-22(28)2/h4-10,12,14,18-19,26,35H,3,11,13,15-17,20-21H2,1-2H3,(H,33,34)/t26-,30-,31+/m1/s1. The van der Waals surface area contributed by atoms with Crippen LogP contribution in [0.5, 0.6) is 0 Å². The number of anilines is 1. The molecular weight excluding hydrogens is 432 g/mol. The summed E-state index contributed by atoms with van der Waals surface area (Å²) in [5, 5.41) is 14.4.